The van der Waals surface area contributed by atoms with Crippen LogP contribution < -0.4 is 24.3 Å². The van der Waals surface area contributed by atoms with E-state index in [9.17, 15) is 4.79 Å². The van der Waals surface area contributed by atoms with Crippen molar-refractivity contribution in [2.24, 2.45) is 0 Å². The molecule has 3 rings (SSSR count). The monoisotopic (exact) mass is 463 g/mol. The Kier molecular flexibility index (Phi) is 6.48. The Hall–Kier alpha value is -2.94. The highest BCUT2D eigenvalue weighted by atomic mass is 79.9. The van der Waals surface area contributed by atoms with E-state index in [1.165, 1.54) is 21.3 Å². The molecule has 0 saturated carbocycles. The number of amides is 1. The van der Waals surface area contributed by atoms with Gasteiger partial charge in [-0.3, -0.25) is 4.79 Å². The van der Waals surface area contributed by atoms with E-state index in [2.05, 4.69) is 31.2 Å². The Labute approximate surface area is 176 Å². The van der Waals surface area contributed by atoms with Gasteiger partial charge in [0.25, 0.3) is 5.91 Å². The first-order valence-corrected chi connectivity index (χ1v) is 9.61. The van der Waals surface area contributed by atoms with E-state index >= 15 is 0 Å². The average Bonchev–Trinajstić information content (AvgIpc) is 3.14. The Morgan fingerprint density at radius 3 is 2.48 bits per heavy atom. The van der Waals surface area contributed by atoms with Crippen LogP contribution in [-0.4, -0.2) is 50.9 Å². The molecule has 0 bridgehead atoms. The summed E-state index contributed by atoms with van der Waals surface area (Å²) in [6.45, 7) is 0.402. The molecule has 0 fully saturated rings. The molecule has 0 unspecified atom stereocenters. The summed E-state index contributed by atoms with van der Waals surface area (Å²) in [4.78, 5) is 20.5. The van der Waals surface area contributed by atoms with Crippen LogP contribution in [0.5, 0.6) is 23.0 Å². The number of halogens is 1. The van der Waals surface area contributed by atoms with E-state index in [4.69, 9.17) is 18.9 Å². The first-order valence-electron chi connectivity index (χ1n) is 8.81. The predicted molar refractivity (Wildman–Crippen MR) is 112 cm³/mol. The van der Waals surface area contributed by atoms with Gasteiger partial charge in [0.15, 0.2) is 11.5 Å². The fourth-order valence-electron chi connectivity index (χ4n) is 2.96. The number of aromatic nitrogens is 2. The van der Waals surface area contributed by atoms with Crippen molar-refractivity contribution >= 4 is 32.9 Å². The third kappa shape index (κ3) is 4.24. The smallest absolute Gasteiger partial charge is 0.252 e. The van der Waals surface area contributed by atoms with Crippen molar-refractivity contribution in [1.82, 2.24) is 15.3 Å². The summed E-state index contributed by atoms with van der Waals surface area (Å²) in [5.41, 5.74) is 2.12. The van der Waals surface area contributed by atoms with Crippen molar-refractivity contribution in [3.63, 3.8) is 0 Å². The number of rotatable bonds is 8. The maximum atomic E-state index is 12.7. The van der Waals surface area contributed by atoms with Crippen LogP contribution in [0.1, 0.15) is 16.2 Å². The molecular weight excluding hydrogens is 442 g/mol. The standard InChI is InChI=1S/C20H22BrN3O5/c1-26-11-5-6-13-14(9-11)24-16(23-13)7-8-22-20(25)12-10-15(27-2)18(28-3)19(29-4)17(12)21/h5-6,9-10H,7-8H2,1-4H3,(H,22,25)(H,23,24). The van der Waals surface area contributed by atoms with Crippen LogP contribution in [0.25, 0.3) is 11.0 Å². The third-order valence-electron chi connectivity index (χ3n) is 4.40. The molecule has 1 heterocycles. The van der Waals surface area contributed by atoms with Crippen LogP contribution >= 0.6 is 15.9 Å². The second-order valence-corrected chi connectivity index (χ2v) is 6.87. The van der Waals surface area contributed by atoms with Crippen LogP contribution in [0.3, 0.4) is 0 Å². The van der Waals surface area contributed by atoms with Gasteiger partial charge in [0.05, 0.1) is 49.5 Å². The number of fused-ring (bicyclic) bond motifs is 1. The molecule has 29 heavy (non-hydrogen) atoms. The van der Waals surface area contributed by atoms with Crippen LogP contribution in [0.2, 0.25) is 0 Å². The van der Waals surface area contributed by atoms with E-state index in [1.54, 1.807) is 13.2 Å². The summed E-state index contributed by atoms with van der Waals surface area (Å²) < 4.78 is 21.7. The van der Waals surface area contributed by atoms with Crippen molar-refractivity contribution in [2.75, 3.05) is 35.0 Å². The molecule has 0 radical (unpaired) electrons. The number of methoxy groups -OCH3 is 4. The average molecular weight is 464 g/mol. The number of aromatic amines is 1. The van der Waals surface area contributed by atoms with Gasteiger partial charge in [-0.15, -0.1) is 0 Å². The molecule has 1 aromatic heterocycles. The molecule has 0 atom stereocenters. The molecule has 2 aromatic carbocycles. The lowest BCUT2D eigenvalue weighted by molar-refractivity contribution is 0.0952. The molecule has 9 heteroatoms. The van der Waals surface area contributed by atoms with Crippen molar-refractivity contribution in [2.45, 2.75) is 6.42 Å². The number of benzene rings is 2. The Balaban J connectivity index is 1.72. The molecule has 154 valence electrons. The number of nitrogens with one attached hydrogen (secondary N) is 2. The van der Waals surface area contributed by atoms with E-state index in [-0.39, 0.29) is 5.91 Å². The Morgan fingerprint density at radius 2 is 1.83 bits per heavy atom. The molecule has 0 aliphatic heterocycles. The predicted octanol–water partition coefficient (Wildman–Crippen LogP) is 3.33. The highest BCUT2D eigenvalue weighted by molar-refractivity contribution is 9.10. The lowest BCUT2D eigenvalue weighted by atomic mass is 10.1. The summed E-state index contributed by atoms with van der Waals surface area (Å²) in [6, 6.07) is 7.24. The zero-order chi connectivity index (χ0) is 21.0. The van der Waals surface area contributed by atoms with E-state index in [1.807, 2.05) is 18.2 Å². The van der Waals surface area contributed by atoms with Crippen LogP contribution in [0.15, 0.2) is 28.7 Å². The molecular formula is C20H22BrN3O5. The summed E-state index contributed by atoms with van der Waals surface area (Å²) in [6.07, 6.45) is 0.546. The zero-order valence-electron chi connectivity index (χ0n) is 16.6. The van der Waals surface area contributed by atoms with Crippen molar-refractivity contribution in [3.8, 4) is 23.0 Å². The van der Waals surface area contributed by atoms with Gasteiger partial charge in [-0.2, -0.15) is 0 Å². The van der Waals surface area contributed by atoms with Gasteiger partial charge in [-0.1, -0.05) is 0 Å². The summed E-state index contributed by atoms with van der Waals surface area (Å²) in [7, 11) is 6.13. The lowest BCUT2D eigenvalue weighted by Crippen LogP contribution is -2.26. The molecule has 0 spiro atoms. The number of ether oxygens (including phenoxy) is 4. The number of hydrogen-bond donors (Lipinski definition) is 2. The Morgan fingerprint density at radius 1 is 1.07 bits per heavy atom. The van der Waals surface area contributed by atoms with Crippen LogP contribution in [0, 0.1) is 0 Å². The third-order valence-corrected chi connectivity index (χ3v) is 5.19. The second kappa shape index (κ2) is 9.04. The molecule has 1 amide bonds. The molecule has 0 saturated heterocycles. The topological polar surface area (TPSA) is 94.7 Å². The van der Waals surface area contributed by atoms with Gasteiger partial charge < -0.3 is 29.2 Å². The quantitative estimate of drug-likeness (QED) is 0.531. The minimum absolute atomic E-state index is 0.270. The summed E-state index contributed by atoms with van der Waals surface area (Å²) in [5, 5.41) is 2.89. The maximum absolute atomic E-state index is 12.7. The van der Waals surface area contributed by atoms with Gasteiger partial charge >= 0.3 is 0 Å². The number of imidazole rings is 1. The first kappa shape index (κ1) is 20.8. The summed E-state index contributed by atoms with van der Waals surface area (Å²) >= 11 is 3.42. The van der Waals surface area contributed by atoms with Crippen molar-refractivity contribution < 1.29 is 23.7 Å². The number of carbonyl (C=O) groups excluding carboxylic acids is 1. The number of nitrogens with zero attached hydrogens (tertiary/aromatic N) is 1. The fourth-order valence-corrected chi connectivity index (χ4v) is 3.60. The molecule has 8 nitrogen and oxygen atoms in total. The highest BCUT2D eigenvalue weighted by Gasteiger charge is 2.22. The fraction of sp³-hybridized carbons (Fsp3) is 0.300. The molecule has 3 aromatic rings. The van der Waals surface area contributed by atoms with Gasteiger partial charge in [-0.05, 0) is 34.1 Å². The van der Waals surface area contributed by atoms with E-state index in [0.717, 1.165) is 22.6 Å². The highest BCUT2D eigenvalue weighted by Crippen LogP contribution is 2.44. The first-order chi connectivity index (χ1) is 14.0. The lowest BCUT2D eigenvalue weighted by Gasteiger charge is -2.16. The SMILES string of the molecule is COc1ccc2nc(CCNC(=O)c3cc(OC)c(OC)c(OC)c3Br)[nH]c2c1. The molecule has 2 N–H and O–H groups in total. The van der Waals surface area contributed by atoms with Crippen molar-refractivity contribution in [1.29, 1.82) is 0 Å². The number of hydrogen-bond acceptors (Lipinski definition) is 6. The number of H-pyrrole nitrogens is 1. The van der Waals surface area contributed by atoms with Crippen LogP contribution in [0.4, 0.5) is 0 Å². The largest absolute Gasteiger partial charge is 0.497 e. The number of carbonyl (C=O) groups is 1. The minimum Gasteiger partial charge on any atom is -0.497 e. The van der Waals surface area contributed by atoms with Gasteiger partial charge in [0.2, 0.25) is 5.75 Å². The normalized spacial score (nSPS) is 10.7. The Bertz CT molecular complexity index is 1030. The molecule has 0 aliphatic rings. The minimum atomic E-state index is -0.270. The maximum Gasteiger partial charge on any atom is 0.252 e. The second-order valence-electron chi connectivity index (χ2n) is 6.08. The van der Waals surface area contributed by atoms with Crippen molar-refractivity contribution in [3.05, 3.63) is 40.1 Å². The van der Waals surface area contributed by atoms with Gasteiger partial charge in [0.1, 0.15) is 11.6 Å². The van der Waals surface area contributed by atoms with Crippen LogP contribution in [-0.2, 0) is 6.42 Å². The molecule has 0 aliphatic carbocycles. The zero-order valence-corrected chi connectivity index (χ0v) is 18.2. The van der Waals surface area contributed by atoms with Gasteiger partial charge in [0, 0.05) is 19.0 Å². The summed E-state index contributed by atoms with van der Waals surface area (Å²) in [5.74, 6) is 2.47. The van der Waals surface area contributed by atoms with E-state index in [0.29, 0.717) is 40.3 Å². The van der Waals surface area contributed by atoms with E-state index < -0.39 is 0 Å². The van der Waals surface area contributed by atoms with Gasteiger partial charge in [-0.25, -0.2) is 4.98 Å².